The first-order valence-electron chi connectivity index (χ1n) is 6.92. The molecular formula is C15H18N4O2. The van der Waals surface area contributed by atoms with Gasteiger partial charge in [0.2, 0.25) is 5.91 Å². The summed E-state index contributed by atoms with van der Waals surface area (Å²) in [5.74, 6) is 0.0407. The third-order valence-corrected chi connectivity index (χ3v) is 3.47. The minimum atomic E-state index is -0.199. The average Bonchev–Trinajstić information content (AvgIpc) is 2.73. The molecule has 0 spiro atoms. The number of nitrogens with one attached hydrogen (secondary N) is 1. The highest BCUT2D eigenvalue weighted by Crippen LogP contribution is 2.12. The van der Waals surface area contributed by atoms with Crippen molar-refractivity contribution in [2.45, 2.75) is 13.3 Å². The normalized spacial score (nSPS) is 15.0. The minimum Gasteiger partial charge on any atom is -0.341 e. The fourth-order valence-corrected chi connectivity index (χ4v) is 2.30. The summed E-state index contributed by atoms with van der Waals surface area (Å²) in [6, 6.07) is 8.64. The van der Waals surface area contributed by atoms with E-state index in [1.807, 2.05) is 6.07 Å². The van der Waals surface area contributed by atoms with E-state index in [-0.39, 0.29) is 11.9 Å². The van der Waals surface area contributed by atoms with Gasteiger partial charge in [-0.25, -0.2) is 4.79 Å². The number of amides is 3. The smallest absolute Gasteiger partial charge is 0.321 e. The number of rotatable bonds is 1. The molecule has 0 atom stereocenters. The number of anilines is 1. The lowest BCUT2D eigenvalue weighted by Crippen LogP contribution is -2.38. The second kappa shape index (κ2) is 6.75. The molecule has 110 valence electrons. The maximum atomic E-state index is 12.2. The van der Waals surface area contributed by atoms with E-state index >= 15 is 0 Å². The van der Waals surface area contributed by atoms with Crippen LogP contribution in [-0.2, 0) is 4.79 Å². The first-order chi connectivity index (χ1) is 10.1. The summed E-state index contributed by atoms with van der Waals surface area (Å²) in [5, 5.41) is 11.6. The van der Waals surface area contributed by atoms with E-state index < -0.39 is 0 Å². The van der Waals surface area contributed by atoms with Gasteiger partial charge in [0, 0.05) is 38.8 Å². The monoisotopic (exact) mass is 286 g/mol. The summed E-state index contributed by atoms with van der Waals surface area (Å²) in [6.07, 6.45) is 0.769. The van der Waals surface area contributed by atoms with Crippen LogP contribution in [0, 0.1) is 11.3 Å². The summed E-state index contributed by atoms with van der Waals surface area (Å²) in [4.78, 5) is 27.0. The molecule has 3 amide bonds. The van der Waals surface area contributed by atoms with Gasteiger partial charge in [-0.1, -0.05) is 6.07 Å². The first-order valence-corrected chi connectivity index (χ1v) is 6.92. The summed E-state index contributed by atoms with van der Waals surface area (Å²) >= 11 is 0. The third-order valence-electron chi connectivity index (χ3n) is 3.47. The maximum absolute atomic E-state index is 12.2. The molecule has 0 radical (unpaired) electrons. The lowest BCUT2D eigenvalue weighted by molar-refractivity contribution is -0.128. The van der Waals surface area contributed by atoms with Gasteiger partial charge in [0.25, 0.3) is 0 Å². The van der Waals surface area contributed by atoms with Crippen molar-refractivity contribution in [3.8, 4) is 6.07 Å². The van der Waals surface area contributed by atoms with E-state index in [4.69, 9.17) is 5.26 Å². The van der Waals surface area contributed by atoms with Crippen LogP contribution in [0.25, 0.3) is 0 Å². The second-order valence-corrected chi connectivity index (χ2v) is 4.97. The Hall–Kier alpha value is -2.55. The van der Waals surface area contributed by atoms with E-state index in [2.05, 4.69) is 5.32 Å². The number of carbonyl (C=O) groups excluding carboxylic acids is 2. The lowest BCUT2D eigenvalue weighted by atomic mass is 10.2. The SMILES string of the molecule is CC(=O)N1CCCN(C(=O)Nc2cccc(C#N)c2)CC1. The Labute approximate surface area is 123 Å². The van der Waals surface area contributed by atoms with Crippen LogP contribution >= 0.6 is 0 Å². The Morgan fingerprint density at radius 2 is 1.90 bits per heavy atom. The van der Waals surface area contributed by atoms with Gasteiger partial charge in [-0.3, -0.25) is 4.79 Å². The van der Waals surface area contributed by atoms with Crippen LogP contribution in [-0.4, -0.2) is 47.9 Å². The molecule has 1 heterocycles. The Kier molecular flexibility index (Phi) is 4.77. The van der Waals surface area contributed by atoms with Crippen molar-refractivity contribution < 1.29 is 9.59 Å². The molecule has 1 aliphatic rings. The van der Waals surface area contributed by atoms with Crippen molar-refractivity contribution in [1.82, 2.24) is 9.80 Å². The van der Waals surface area contributed by atoms with Crippen molar-refractivity contribution in [2.24, 2.45) is 0 Å². The van der Waals surface area contributed by atoms with Crippen molar-refractivity contribution in [1.29, 1.82) is 5.26 Å². The Bertz CT molecular complexity index is 579. The van der Waals surface area contributed by atoms with E-state index in [1.165, 1.54) is 0 Å². The Morgan fingerprint density at radius 3 is 2.62 bits per heavy atom. The standard InChI is InChI=1S/C15H18N4O2/c1-12(20)18-6-3-7-19(9-8-18)15(21)17-14-5-2-4-13(10-14)11-16/h2,4-5,10H,3,6-9H2,1H3,(H,17,21). The zero-order valence-electron chi connectivity index (χ0n) is 12.0. The molecule has 1 saturated heterocycles. The number of carbonyl (C=O) groups is 2. The van der Waals surface area contributed by atoms with Crippen molar-refractivity contribution in [3.05, 3.63) is 29.8 Å². The highest BCUT2D eigenvalue weighted by molar-refractivity contribution is 5.89. The van der Waals surface area contributed by atoms with Gasteiger partial charge >= 0.3 is 6.03 Å². The molecule has 0 unspecified atom stereocenters. The van der Waals surface area contributed by atoms with Gasteiger partial charge in [-0.15, -0.1) is 0 Å². The van der Waals surface area contributed by atoms with Gasteiger partial charge in [-0.05, 0) is 24.6 Å². The molecule has 0 saturated carbocycles. The largest absolute Gasteiger partial charge is 0.341 e. The predicted molar refractivity (Wildman–Crippen MR) is 78.6 cm³/mol. The van der Waals surface area contributed by atoms with Crippen LogP contribution in [0.5, 0.6) is 0 Å². The molecular weight excluding hydrogens is 268 g/mol. The molecule has 1 N–H and O–H groups in total. The average molecular weight is 286 g/mol. The molecule has 1 aromatic carbocycles. The van der Waals surface area contributed by atoms with Gasteiger partial charge in [-0.2, -0.15) is 5.26 Å². The maximum Gasteiger partial charge on any atom is 0.321 e. The highest BCUT2D eigenvalue weighted by Gasteiger charge is 2.20. The van der Waals surface area contributed by atoms with Crippen LogP contribution in [0.1, 0.15) is 18.9 Å². The summed E-state index contributed by atoms with van der Waals surface area (Å²) in [7, 11) is 0. The molecule has 21 heavy (non-hydrogen) atoms. The van der Waals surface area contributed by atoms with E-state index in [9.17, 15) is 9.59 Å². The summed E-state index contributed by atoms with van der Waals surface area (Å²) in [6.45, 7) is 3.92. The number of benzene rings is 1. The Morgan fingerprint density at radius 1 is 1.19 bits per heavy atom. The third kappa shape index (κ3) is 3.96. The van der Waals surface area contributed by atoms with E-state index in [0.717, 1.165) is 6.42 Å². The van der Waals surface area contributed by atoms with Crippen LogP contribution in [0.2, 0.25) is 0 Å². The van der Waals surface area contributed by atoms with Crippen molar-refractivity contribution in [2.75, 3.05) is 31.5 Å². The van der Waals surface area contributed by atoms with Crippen molar-refractivity contribution in [3.63, 3.8) is 0 Å². The predicted octanol–water partition coefficient (Wildman–Crippen LogP) is 1.64. The molecule has 0 aromatic heterocycles. The molecule has 1 aromatic rings. The van der Waals surface area contributed by atoms with Crippen LogP contribution in [0.15, 0.2) is 24.3 Å². The van der Waals surface area contributed by atoms with Gasteiger partial charge < -0.3 is 15.1 Å². The summed E-state index contributed by atoms with van der Waals surface area (Å²) in [5.41, 5.74) is 1.11. The van der Waals surface area contributed by atoms with Gasteiger partial charge in [0.15, 0.2) is 0 Å². The summed E-state index contributed by atoms with van der Waals surface area (Å²) < 4.78 is 0. The van der Waals surface area contributed by atoms with Gasteiger partial charge in [0.1, 0.15) is 0 Å². The number of nitriles is 1. The molecule has 1 aliphatic heterocycles. The van der Waals surface area contributed by atoms with E-state index in [1.54, 1.807) is 41.0 Å². The van der Waals surface area contributed by atoms with E-state index in [0.29, 0.717) is 37.4 Å². The zero-order valence-corrected chi connectivity index (χ0v) is 12.0. The van der Waals surface area contributed by atoms with Crippen LogP contribution in [0.3, 0.4) is 0 Å². The topological polar surface area (TPSA) is 76.4 Å². The molecule has 1 fully saturated rings. The molecule has 0 bridgehead atoms. The Balaban J connectivity index is 1.97. The quantitative estimate of drug-likeness (QED) is 0.852. The fourth-order valence-electron chi connectivity index (χ4n) is 2.30. The zero-order chi connectivity index (χ0) is 15.2. The van der Waals surface area contributed by atoms with Gasteiger partial charge in [0.05, 0.1) is 11.6 Å². The number of nitrogens with zero attached hydrogens (tertiary/aromatic N) is 3. The molecule has 6 heteroatoms. The number of urea groups is 1. The molecule has 2 rings (SSSR count). The highest BCUT2D eigenvalue weighted by atomic mass is 16.2. The fraction of sp³-hybridized carbons (Fsp3) is 0.400. The van der Waals surface area contributed by atoms with Crippen LogP contribution in [0.4, 0.5) is 10.5 Å². The second-order valence-electron chi connectivity index (χ2n) is 4.97. The number of hydrogen-bond donors (Lipinski definition) is 1. The molecule has 6 nitrogen and oxygen atoms in total. The number of hydrogen-bond acceptors (Lipinski definition) is 3. The minimum absolute atomic E-state index is 0.0407. The van der Waals surface area contributed by atoms with Crippen LogP contribution < -0.4 is 5.32 Å². The lowest BCUT2D eigenvalue weighted by Gasteiger charge is -2.21. The first kappa shape index (κ1) is 14.9. The molecule has 0 aliphatic carbocycles. The van der Waals surface area contributed by atoms with Crippen molar-refractivity contribution >= 4 is 17.6 Å².